The number of ether oxygens (including phenoxy) is 1. The number of carbonyl (C=O) groups excluding carboxylic acids is 2. The summed E-state index contributed by atoms with van der Waals surface area (Å²) in [6.07, 6.45) is 2.23. The van der Waals surface area contributed by atoms with Crippen LogP contribution in [0.15, 0.2) is 78.9 Å². The van der Waals surface area contributed by atoms with E-state index in [1.54, 1.807) is 0 Å². The third kappa shape index (κ3) is 5.76. The molecule has 2 amide bonds. The first-order valence-electron chi connectivity index (χ1n) is 11.1. The highest BCUT2D eigenvalue weighted by Crippen LogP contribution is 2.31. The molecule has 1 fully saturated rings. The molecule has 2 N–H and O–H groups in total. The fourth-order valence-corrected chi connectivity index (χ4v) is 3.54. The molecule has 164 valence electrons. The fourth-order valence-electron chi connectivity index (χ4n) is 3.54. The first-order chi connectivity index (χ1) is 15.6. The number of rotatable bonds is 9. The molecule has 4 rings (SSSR count). The second-order valence-electron chi connectivity index (χ2n) is 8.14. The minimum atomic E-state index is -0.132. The lowest BCUT2D eigenvalue weighted by Gasteiger charge is -2.16. The zero-order chi connectivity index (χ0) is 22.3. The third-order valence-electron chi connectivity index (χ3n) is 5.56. The van der Waals surface area contributed by atoms with Crippen LogP contribution in [0.2, 0.25) is 0 Å². The van der Waals surface area contributed by atoms with Crippen LogP contribution in [0.3, 0.4) is 0 Å². The number of amides is 2. The van der Waals surface area contributed by atoms with Crippen molar-refractivity contribution >= 4 is 17.5 Å². The van der Waals surface area contributed by atoms with Gasteiger partial charge >= 0.3 is 0 Å². The minimum absolute atomic E-state index is 0.0687. The first kappa shape index (κ1) is 21.6. The zero-order valence-corrected chi connectivity index (χ0v) is 18.2. The third-order valence-corrected chi connectivity index (χ3v) is 5.56. The molecule has 0 aliphatic heterocycles. The molecule has 1 aliphatic carbocycles. The Hall–Kier alpha value is -3.60. The van der Waals surface area contributed by atoms with Crippen molar-refractivity contribution in [3.05, 3.63) is 84.4 Å². The Bertz CT molecular complexity index is 1060. The predicted molar refractivity (Wildman–Crippen MR) is 126 cm³/mol. The molecule has 5 heteroatoms. The van der Waals surface area contributed by atoms with Crippen LogP contribution in [0, 0.1) is 5.92 Å². The van der Waals surface area contributed by atoms with Crippen molar-refractivity contribution in [1.82, 2.24) is 5.32 Å². The van der Waals surface area contributed by atoms with Crippen LogP contribution < -0.4 is 15.4 Å². The van der Waals surface area contributed by atoms with Crippen molar-refractivity contribution in [2.45, 2.75) is 32.2 Å². The lowest BCUT2D eigenvalue weighted by molar-refractivity contribution is -0.122. The maximum absolute atomic E-state index is 12.4. The standard InChI is InChI=1S/C27H28N2O3/c1-19(20-13-15-23(16-14-20)29-27(31)22-11-12-22)28-26(30)17-18-32-25-10-6-5-9-24(25)21-7-3-2-4-8-21/h2-10,13-16,19,22H,11-12,17-18H2,1H3,(H,28,30)(H,29,31)/t19-/m0/s1. The summed E-state index contributed by atoms with van der Waals surface area (Å²) in [6, 6.07) is 25.4. The van der Waals surface area contributed by atoms with Crippen LogP contribution in [-0.2, 0) is 9.59 Å². The van der Waals surface area contributed by atoms with Crippen LogP contribution in [-0.4, -0.2) is 18.4 Å². The van der Waals surface area contributed by atoms with Crippen LogP contribution in [0.1, 0.15) is 37.8 Å². The molecule has 1 saturated carbocycles. The molecule has 5 nitrogen and oxygen atoms in total. The fraction of sp³-hybridized carbons (Fsp3) is 0.259. The number of nitrogens with one attached hydrogen (secondary N) is 2. The highest BCUT2D eigenvalue weighted by Gasteiger charge is 2.29. The minimum Gasteiger partial charge on any atom is -0.492 e. The van der Waals surface area contributed by atoms with Gasteiger partial charge in [-0.25, -0.2) is 0 Å². The summed E-state index contributed by atoms with van der Waals surface area (Å²) in [7, 11) is 0. The van der Waals surface area contributed by atoms with E-state index >= 15 is 0 Å². The van der Waals surface area contributed by atoms with E-state index in [9.17, 15) is 9.59 Å². The highest BCUT2D eigenvalue weighted by molar-refractivity contribution is 5.94. The van der Waals surface area contributed by atoms with Gasteiger partial charge in [-0.15, -0.1) is 0 Å². The highest BCUT2D eigenvalue weighted by atomic mass is 16.5. The average molecular weight is 429 g/mol. The molecule has 0 heterocycles. The molecule has 0 spiro atoms. The smallest absolute Gasteiger partial charge is 0.227 e. The summed E-state index contributed by atoms with van der Waals surface area (Å²) in [5, 5.41) is 5.94. The predicted octanol–water partition coefficient (Wildman–Crippen LogP) is 5.35. The molecule has 1 aliphatic rings. The van der Waals surface area contributed by atoms with Gasteiger partial charge in [0.2, 0.25) is 11.8 Å². The largest absolute Gasteiger partial charge is 0.492 e. The van der Waals surface area contributed by atoms with Gasteiger partial charge in [-0.05, 0) is 49.1 Å². The van der Waals surface area contributed by atoms with Crippen molar-refractivity contribution in [2.75, 3.05) is 11.9 Å². The van der Waals surface area contributed by atoms with Gasteiger partial charge in [0.25, 0.3) is 0 Å². The molecule has 3 aromatic rings. The number of hydrogen-bond donors (Lipinski definition) is 2. The monoisotopic (exact) mass is 428 g/mol. The SMILES string of the molecule is C[C@H](NC(=O)CCOc1ccccc1-c1ccccc1)c1ccc(NC(=O)C2CC2)cc1. The number of hydrogen-bond acceptors (Lipinski definition) is 3. The van der Waals surface area contributed by atoms with E-state index in [0.29, 0.717) is 6.61 Å². The Morgan fingerprint density at radius 1 is 0.938 bits per heavy atom. The van der Waals surface area contributed by atoms with Crippen molar-refractivity contribution in [1.29, 1.82) is 0 Å². The van der Waals surface area contributed by atoms with E-state index in [1.165, 1.54) is 0 Å². The Labute approximate surface area is 188 Å². The Morgan fingerprint density at radius 3 is 2.34 bits per heavy atom. The molecule has 3 aromatic carbocycles. The summed E-state index contributed by atoms with van der Waals surface area (Å²) in [5.74, 6) is 0.965. The van der Waals surface area contributed by atoms with E-state index in [0.717, 1.165) is 41.0 Å². The van der Waals surface area contributed by atoms with E-state index < -0.39 is 0 Å². The van der Waals surface area contributed by atoms with Crippen molar-refractivity contribution < 1.29 is 14.3 Å². The van der Waals surface area contributed by atoms with Crippen LogP contribution in [0.25, 0.3) is 11.1 Å². The Balaban J connectivity index is 1.26. The molecule has 0 saturated heterocycles. The van der Waals surface area contributed by atoms with Gasteiger partial charge in [-0.1, -0.05) is 60.7 Å². The van der Waals surface area contributed by atoms with Crippen molar-refractivity contribution in [3.8, 4) is 16.9 Å². The van der Waals surface area contributed by atoms with Gasteiger partial charge in [0.05, 0.1) is 19.1 Å². The Kier molecular flexibility index (Phi) is 6.85. The van der Waals surface area contributed by atoms with E-state index in [-0.39, 0.29) is 30.2 Å². The lowest BCUT2D eigenvalue weighted by atomic mass is 10.1. The van der Waals surface area contributed by atoms with Gasteiger partial charge < -0.3 is 15.4 Å². The van der Waals surface area contributed by atoms with Gasteiger partial charge in [0, 0.05) is 17.2 Å². The summed E-state index contributed by atoms with van der Waals surface area (Å²) < 4.78 is 5.93. The second-order valence-corrected chi connectivity index (χ2v) is 8.14. The molecule has 32 heavy (non-hydrogen) atoms. The molecular weight excluding hydrogens is 400 g/mol. The molecule has 0 radical (unpaired) electrons. The van der Waals surface area contributed by atoms with Gasteiger partial charge in [-0.2, -0.15) is 0 Å². The average Bonchev–Trinajstić information content (AvgIpc) is 3.66. The normalized spacial score (nSPS) is 13.8. The number of benzene rings is 3. The van der Waals surface area contributed by atoms with Crippen LogP contribution in [0.4, 0.5) is 5.69 Å². The molecule has 0 aromatic heterocycles. The van der Waals surface area contributed by atoms with Gasteiger partial charge in [0.1, 0.15) is 5.75 Å². The summed E-state index contributed by atoms with van der Waals surface area (Å²) >= 11 is 0. The summed E-state index contributed by atoms with van der Waals surface area (Å²) in [5.41, 5.74) is 3.86. The van der Waals surface area contributed by atoms with Gasteiger partial charge in [0.15, 0.2) is 0 Å². The van der Waals surface area contributed by atoms with Gasteiger partial charge in [-0.3, -0.25) is 9.59 Å². The number of para-hydroxylation sites is 1. The first-order valence-corrected chi connectivity index (χ1v) is 11.1. The van der Waals surface area contributed by atoms with Crippen molar-refractivity contribution in [3.63, 3.8) is 0 Å². The quantitative estimate of drug-likeness (QED) is 0.483. The molecule has 1 atom stereocenters. The van der Waals surface area contributed by atoms with Crippen LogP contribution in [0.5, 0.6) is 5.75 Å². The maximum atomic E-state index is 12.4. The maximum Gasteiger partial charge on any atom is 0.227 e. The van der Waals surface area contributed by atoms with E-state index in [1.807, 2.05) is 85.8 Å². The second kappa shape index (κ2) is 10.1. The van der Waals surface area contributed by atoms with E-state index in [2.05, 4.69) is 10.6 Å². The van der Waals surface area contributed by atoms with Crippen molar-refractivity contribution in [2.24, 2.45) is 5.92 Å². The molecule has 0 bridgehead atoms. The van der Waals surface area contributed by atoms with Crippen LogP contribution >= 0.6 is 0 Å². The number of anilines is 1. The van der Waals surface area contributed by atoms with E-state index in [4.69, 9.17) is 4.74 Å². The molecular formula is C27H28N2O3. The Morgan fingerprint density at radius 2 is 1.62 bits per heavy atom. The topological polar surface area (TPSA) is 67.4 Å². The molecule has 0 unspecified atom stereocenters. The summed E-state index contributed by atoms with van der Waals surface area (Å²) in [4.78, 5) is 24.3. The lowest BCUT2D eigenvalue weighted by Crippen LogP contribution is -2.27. The summed E-state index contributed by atoms with van der Waals surface area (Å²) in [6.45, 7) is 2.25. The zero-order valence-electron chi connectivity index (χ0n) is 18.2. The number of carbonyl (C=O) groups is 2.